The van der Waals surface area contributed by atoms with Crippen molar-refractivity contribution in [2.45, 2.75) is 57.2 Å². The van der Waals surface area contributed by atoms with E-state index in [1.54, 1.807) is 6.20 Å². The number of likely N-dealkylation sites (tertiary alicyclic amines) is 1. The molecule has 1 aromatic carbocycles. The van der Waals surface area contributed by atoms with Crippen LogP contribution in [0.3, 0.4) is 0 Å². The molecule has 9 nitrogen and oxygen atoms in total. The van der Waals surface area contributed by atoms with Crippen LogP contribution in [0.25, 0.3) is 0 Å². The molecule has 3 aliphatic rings. The number of halogens is 1. The van der Waals surface area contributed by atoms with E-state index in [0.29, 0.717) is 21.9 Å². The predicted molar refractivity (Wildman–Crippen MR) is 144 cm³/mol. The van der Waals surface area contributed by atoms with Crippen LogP contribution in [0.4, 0.5) is 5.82 Å². The second-order valence-corrected chi connectivity index (χ2v) is 10.9. The van der Waals surface area contributed by atoms with E-state index in [0.717, 1.165) is 77.2 Å². The Bertz CT molecular complexity index is 1120. The molecule has 1 N–H and O–H groups in total. The maximum absolute atomic E-state index is 13.4. The Morgan fingerprint density at radius 1 is 1.16 bits per heavy atom. The van der Waals surface area contributed by atoms with Crippen molar-refractivity contribution in [1.29, 1.82) is 5.26 Å². The molecular formula is C27H34BrN7O2. The molecule has 0 unspecified atom stereocenters. The molecule has 0 radical (unpaired) electrons. The zero-order valence-electron chi connectivity index (χ0n) is 21.1. The number of ether oxygens (including phenoxy) is 1. The van der Waals surface area contributed by atoms with E-state index in [1.165, 1.54) is 12.8 Å². The number of nitriles is 1. The third-order valence-electron chi connectivity index (χ3n) is 7.68. The van der Waals surface area contributed by atoms with Crippen LogP contribution in [0.2, 0.25) is 0 Å². The number of amides is 1. The quantitative estimate of drug-likeness (QED) is 0.507. The molecule has 2 aliphatic heterocycles. The van der Waals surface area contributed by atoms with Crippen LogP contribution in [0.1, 0.15) is 60.3 Å². The van der Waals surface area contributed by atoms with E-state index in [2.05, 4.69) is 47.2 Å². The van der Waals surface area contributed by atoms with Gasteiger partial charge >= 0.3 is 0 Å². The molecule has 2 aromatic rings. The summed E-state index contributed by atoms with van der Waals surface area (Å²) in [6.45, 7) is 6.76. The Labute approximate surface area is 226 Å². The van der Waals surface area contributed by atoms with E-state index in [4.69, 9.17) is 4.74 Å². The molecule has 1 amide bonds. The molecule has 5 rings (SSSR count). The zero-order valence-corrected chi connectivity index (χ0v) is 22.7. The lowest BCUT2D eigenvalue weighted by Crippen LogP contribution is -2.49. The van der Waals surface area contributed by atoms with E-state index < -0.39 is 0 Å². The number of carbonyl (C=O) groups is 1. The van der Waals surface area contributed by atoms with Crippen LogP contribution >= 0.6 is 15.9 Å². The highest BCUT2D eigenvalue weighted by atomic mass is 79.9. The summed E-state index contributed by atoms with van der Waals surface area (Å²) in [5.74, 6) is 0.421. The summed E-state index contributed by atoms with van der Waals surface area (Å²) in [6, 6.07) is 10.7. The van der Waals surface area contributed by atoms with Gasteiger partial charge in [-0.2, -0.15) is 10.2 Å². The summed E-state index contributed by atoms with van der Waals surface area (Å²) in [5, 5.41) is 11.1. The molecule has 1 aliphatic carbocycles. The second kappa shape index (κ2) is 12.3. The molecule has 10 heteroatoms. The van der Waals surface area contributed by atoms with Gasteiger partial charge in [0.15, 0.2) is 5.82 Å². The van der Waals surface area contributed by atoms with E-state index in [9.17, 15) is 10.1 Å². The lowest BCUT2D eigenvalue weighted by Gasteiger charge is -2.40. The van der Waals surface area contributed by atoms with Gasteiger partial charge in [-0.05, 0) is 72.4 Å². The zero-order chi connectivity index (χ0) is 25.6. The first-order chi connectivity index (χ1) is 18.1. The van der Waals surface area contributed by atoms with E-state index in [1.807, 2.05) is 29.3 Å². The fraction of sp³-hybridized carbons (Fsp3) is 0.556. The van der Waals surface area contributed by atoms with E-state index >= 15 is 0 Å². The molecule has 2 saturated heterocycles. The summed E-state index contributed by atoms with van der Waals surface area (Å²) in [6.07, 6.45) is 8.03. The number of anilines is 1. The molecule has 3 fully saturated rings. The maximum atomic E-state index is 13.4. The average Bonchev–Trinajstić information content (AvgIpc) is 3.48. The van der Waals surface area contributed by atoms with Gasteiger partial charge < -0.3 is 4.74 Å². The average molecular weight is 569 g/mol. The Morgan fingerprint density at radius 3 is 2.65 bits per heavy atom. The topological polar surface area (TPSA) is 97.6 Å². The standard InChI is InChI=1S/C27H34BrN7O2/c28-24-18-30-25(17-29)31-26(24)35(23-6-1-2-7-23)32-27(36)21-5-3-4-20(16-21)19-33-10-8-22(9-11-33)34-12-14-37-15-13-34/h3-5,16,18,22-23H,1-2,6-15,19H2,(H,32,36). The van der Waals surface area contributed by atoms with Crippen LogP contribution in [0.15, 0.2) is 34.9 Å². The minimum Gasteiger partial charge on any atom is -0.379 e. The molecule has 196 valence electrons. The number of rotatable bonds is 7. The largest absolute Gasteiger partial charge is 0.379 e. The van der Waals surface area contributed by atoms with Gasteiger partial charge in [-0.25, -0.2) is 4.98 Å². The van der Waals surface area contributed by atoms with Crippen molar-refractivity contribution in [3.8, 4) is 6.07 Å². The number of nitrogens with zero attached hydrogens (tertiary/aromatic N) is 6. The SMILES string of the molecule is N#Cc1ncc(Br)c(N(NC(=O)c2cccc(CN3CCC(N4CCOCC4)CC3)c2)C2CCCC2)n1. The first kappa shape index (κ1) is 26.0. The smallest absolute Gasteiger partial charge is 0.269 e. The van der Waals surface area contributed by atoms with Crippen LogP contribution in [-0.2, 0) is 11.3 Å². The fourth-order valence-corrected chi connectivity index (χ4v) is 6.07. The molecule has 1 saturated carbocycles. The predicted octanol–water partition coefficient (Wildman–Crippen LogP) is 3.50. The summed E-state index contributed by atoms with van der Waals surface area (Å²) in [4.78, 5) is 26.9. The van der Waals surface area contributed by atoms with Crippen molar-refractivity contribution < 1.29 is 9.53 Å². The normalized spacial score (nSPS) is 20.0. The minimum absolute atomic E-state index is 0.0785. The molecule has 1 aromatic heterocycles. The van der Waals surface area contributed by atoms with Gasteiger partial charge in [-0.15, -0.1) is 0 Å². The third-order valence-corrected chi connectivity index (χ3v) is 8.24. The van der Waals surface area contributed by atoms with Crippen molar-refractivity contribution in [3.63, 3.8) is 0 Å². The monoisotopic (exact) mass is 567 g/mol. The van der Waals surface area contributed by atoms with Gasteiger partial charge in [0.2, 0.25) is 5.82 Å². The molecule has 0 bridgehead atoms. The number of morpholine rings is 1. The molecular weight excluding hydrogens is 534 g/mol. The maximum Gasteiger partial charge on any atom is 0.269 e. The summed E-state index contributed by atoms with van der Waals surface area (Å²) in [7, 11) is 0. The second-order valence-electron chi connectivity index (χ2n) is 10.1. The molecule has 3 heterocycles. The molecule has 0 spiro atoms. The number of hydrogen-bond donors (Lipinski definition) is 1. The Hall–Kier alpha value is -2.58. The van der Waals surface area contributed by atoms with Gasteiger partial charge in [0.1, 0.15) is 6.07 Å². The van der Waals surface area contributed by atoms with Crippen molar-refractivity contribution >= 4 is 27.7 Å². The highest BCUT2D eigenvalue weighted by Crippen LogP contribution is 2.30. The highest BCUT2D eigenvalue weighted by Gasteiger charge is 2.29. The van der Waals surface area contributed by atoms with Gasteiger partial charge in [-0.3, -0.25) is 25.0 Å². The van der Waals surface area contributed by atoms with Crippen molar-refractivity contribution in [3.05, 3.63) is 51.9 Å². The first-order valence-electron chi connectivity index (χ1n) is 13.3. The van der Waals surface area contributed by atoms with Gasteiger partial charge in [0.05, 0.1) is 23.7 Å². The number of hydrazine groups is 1. The van der Waals surface area contributed by atoms with Gasteiger partial charge in [-0.1, -0.05) is 25.0 Å². The van der Waals surface area contributed by atoms with Crippen molar-refractivity contribution in [1.82, 2.24) is 25.2 Å². The Morgan fingerprint density at radius 2 is 1.92 bits per heavy atom. The van der Waals surface area contributed by atoms with Gasteiger partial charge in [0.25, 0.3) is 5.91 Å². The van der Waals surface area contributed by atoms with Crippen LogP contribution < -0.4 is 10.4 Å². The number of aromatic nitrogens is 2. The number of nitrogens with one attached hydrogen (secondary N) is 1. The summed E-state index contributed by atoms with van der Waals surface area (Å²) >= 11 is 3.51. The number of hydrogen-bond acceptors (Lipinski definition) is 8. The minimum atomic E-state index is -0.177. The Kier molecular flexibility index (Phi) is 8.66. The number of benzene rings is 1. The van der Waals surface area contributed by atoms with Crippen LogP contribution in [-0.4, -0.2) is 77.2 Å². The van der Waals surface area contributed by atoms with Crippen molar-refractivity contribution in [2.24, 2.45) is 0 Å². The van der Waals surface area contributed by atoms with E-state index in [-0.39, 0.29) is 17.8 Å². The summed E-state index contributed by atoms with van der Waals surface area (Å²) in [5.41, 5.74) is 4.85. The van der Waals surface area contributed by atoms with Crippen LogP contribution in [0, 0.1) is 11.3 Å². The summed E-state index contributed by atoms with van der Waals surface area (Å²) < 4.78 is 6.15. The fourth-order valence-electron chi connectivity index (χ4n) is 5.69. The van der Waals surface area contributed by atoms with Crippen molar-refractivity contribution in [2.75, 3.05) is 44.4 Å². The number of carbonyl (C=O) groups excluding carboxylic acids is 1. The lowest BCUT2D eigenvalue weighted by molar-refractivity contribution is 0.000228. The molecule has 0 atom stereocenters. The molecule has 37 heavy (non-hydrogen) atoms. The van der Waals surface area contributed by atoms with Crippen LogP contribution in [0.5, 0.6) is 0 Å². The Balaban J connectivity index is 1.24. The lowest BCUT2D eigenvalue weighted by atomic mass is 10.0. The van der Waals surface area contributed by atoms with Gasteiger partial charge in [0, 0.05) is 37.4 Å². The highest BCUT2D eigenvalue weighted by molar-refractivity contribution is 9.10. The number of piperidine rings is 1. The first-order valence-corrected chi connectivity index (χ1v) is 14.1. The third kappa shape index (κ3) is 6.47.